The van der Waals surface area contributed by atoms with Gasteiger partial charge in [0.05, 0.1) is 22.3 Å². The van der Waals surface area contributed by atoms with Crippen molar-refractivity contribution in [2.45, 2.75) is 0 Å². The Bertz CT molecular complexity index is 1450. The van der Waals surface area contributed by atoms with Crippen molar-refractivity contribution in [3.8, 4) is 17.2 Å². The van der Waals surface area contributed by atoms with Gasteiger partial charge in [-0.3, -0.25) is 4.79 Å². The molecule has 0 amide bonds. The smallest absolute Gasteiger partial charge is 0.343 e. The normalized spacial score (nSPS) is 10.3. The average Bonchev–Trinajstić information content (AvgIpc) is 2.91. The Morgan fingerprint density at radius 2 is 1.00 bits per heavy atom. The lowest BCUT2D eigenvalue weighted by atomic mass is 9.96. The monoisotopic (exact) mass is 482 g/mol. The number of ether oxygens (including phenoxy) is 2. The number of phenolic OH excluding ortho intramolecular Hbond substituents is 1. The van der Waals surface area contributed by atoms with Crippen molar-refractivity contribution in [1.29, 1.82) is 0 Å². The Balaban J connectivity index is 1.92. The van der Waals surface area contributed by atoms with Gasteiger partial charge in [0.2, 0.25) is 5.75 Å². The Labute approximate surface area is 205 Å². The predicted molar refractivity (Wildman–Crippen MR) is 128 cm³/mol. The first-order valence-electron chi connectivity index (χ1n) is 10.6. The first-order valence-corrected chi connectivity index (χ1v) is 10.6. The van der Waals surface area contributed by atoms with Crippen LogP contribution in [0.25, 0.3) is 0 Å². The van der Waals surface area contributed by atoms with Crippen molar-refractivity contribution in [1.82, 2.24) is 0 Å². The van der Waals surface area contributed by atoms with Crippen molar-refractivity contribution >= 4 is 23.7 Å². The second-order valence-corrected chi connectivity index (χ2v) is 7.49. The van der Waals surface area contributed by atoms with E-state index in [0.717, 1.165) is 6.07 Å². The topological polar surface area (TPSA) is 127 Å². The highest BCUT2D eigenvalue weighted by Gasteiger charge is 2.32. The maximum Gasteiger partial charge on any atom is 0.343 e. The van der Waals surface area contributed by atoms with Crippen LogP contribution in [0.3, 0.4) is 0 Å². The number of carbonyl (C=O) groups excluding carboxylic acids is 3. The molecule has 8 heteroatoms. The molecule has 0 heterocycles. The number of carbonyl (C=O) groups is 4. The van der Waals surface area contributed by atoms with Crippen molar-refractivity contribution in [3.05, 3.63) is 125 Å². The number of esters is 2. The lowest BCUT2D eigenvalue weighted by Crippen LogP contribution is -2.18. The van der Waals surface area contributed by atoms with Gasteiger partial charge in [0.15, 0.2) is 17.3 Å². The summed E-state index contributed by atoms with van der Waals surface area (Å²) in [6.45, 7) is 0. The van der Waals surface area contributed by atoms with E-state index in [2.05, 4.69) is 0 Å². The van der Waals surface area contributed by atoms with Gasteiger partial charge in [-0.1, -0.05) is 66.7 Å². The fraction of sp³-hybridized carbons (Fsp3) is 0. The number of hydrogen-bond acceptors (Lipinski definition) is 7. The van der Waals surface area contributed by atoms with Crippen molar-refractivity contribution in [2.24, 2.45) is 0 Å². The van der Waals surface area contributed by atoms with Crippen LogP contribution >= 0.6 is 0 Å². The number of hydrogen-bond donors (Lipinski definition) is 2. The van der Waals surface area contributed by atoms with E-state index in [-0.39, 0.29) is 16.7 Å². The zero-order valence-electron chi connectivity index (χ0n) is 18.6. The van der Waals surface area contributed by atoms with Crippen LogP contribution in [-0.4, -0.2) is 33.9 Å². The van der Waals surface area contributed by atoms with Gasteiger partial charge in [0, 0.05) is 5.56 Å². The minimum atomic E-state index is -1.57. The number of phenols is 1. The molecule has 36 heavy (non-hydrogen) atoms. The molecule has 0 unspecified atom stereocenters. The van der Waals surface area contributed by atoms with E-state index in [1.54, 1.807) is 54.6 Å². The van der Waals surface area contributed by atoms with E-state index in [1.807, 2.05) is 0 Å². The van der Waals surface area contributed by atoms with Crippen LogP contribution in [0.5, 0.6) is 17.2 Å². The summed E-state index contributed by atoms with van der Waals surface area (Å²) in [5, 5.41) is 20.4. The summed E-state index contributed by atoms with van der Waals surface area (Å²) in [5.74, 6) is -6.45. The highest BCUT2D eigenvalue weighted by molar-refractivity contribution is 6.17. The first kappa shape index (κ1) is 23.9. The number of carboxylic acids is 1. The molecule has 4 aromatic carbocycles. The van der Waals surface area contributed by atoms with Crippen LogP contribution < -0.4 is 9.47 Å². The summed E-state index contributed by atoms with van der Waals surface area (Å²) < 4.78 is 10.8. The van der Waals surface area contributed by atoms with E-state index >= 15 is 0 Å². The molecule has 2 N–H and O–H groups in total. The number of aromatic carboxylic acids is 1. The van der Waals surface area contributed by atoms with Gasteiger partial charge < -0.3 is 19.7 Å². The molecule has 0 aliphatic heterocycles. The molecule has 0 saturated heterocycles. The molecular formula is C28H18O8. The van der Waals surface area contributed by atoms with Crippen molar-refractivity contribution in [3.63, 3.8) is 0 Å². The van der Waals surface area contributed by atoms with E-state index in [1.165, 1.54) is 36.4 Å². The summed E-state index contributed by atoms with van der Waals surface area (Å²) in [7, 11) is 0. The summed E-state index contributed by atoms with van der Waals surface area (Å²) in [6, 6.07) is 23.9. The number of aromatic hydroxyl groups is 1. The maximum absolute atomic E-state index is 13.5. The van der Waals surface area contributed by atoms with Gasteiger partial charge in [-0.25, -0.2) is 14.4 Å². The minimum Gasteiger partial charge on any atom is -0.504 e. The van der Waals surface area contributed by atoms with Gasteiger partial charge in [-0.2, -0.15) is 0 Å². The summed E-state index contributed by atoms with van der Waals surface area (Å²) in [5.41, 5.74) is -0.932. The Morgan fingerprint density at radius 3 is 1.44 bits per heavy atom. The molecule has 178 valence electrons. The third-order valence-electron chi connectivity index (χ3n) is 5.12. The van der Waals surface area contributed by atoms with Crippen LogP contribution in [0, 0.1) is 0 Å². The third kappa shape index (κ3) is 4.97. The maximum atomic E-state index is 13.5. The van der Waals surface area contributed by atoms with Gasteiger partial charge in [0.25, 0.3) is 0 Å². The zero-order chi connectivity index (χ0) is 25.7. The van der Waals surface area contributed by atoms with E-state index < -0.39 is 52.1 Å². The second kappa shape index (κ2) is 10.4. The summed E-state index contributed by atoms with van der Waals surface area (Å²) in [4.78, 5) is 51.2. The highest BCUT2D eigenvalue weighted by atomic mass is 16.6. The van der Waals surface area contributed by atoms with Crippen LogP contribution in [0.4, 0.5) is 0 Å². The Kier molecular flexibility index (Phi) is 6.87. The fourth-order valence-corrected chi connectivity index (χ4v) is 3.40. The Hall–Kier alpha value is -5.24. The first-order chi connectivity index (χ1) is 17.4. The average molecular weight is 482 g/mol. The number of rotatable bonds is 7. The lowest BCUT2D eigenvalue weighted by Gasteiger charge is -2.17. The lowest BCUT2D eigenvalue weighted by molar-refractivity contribution is 0.0665. The second-order valence-electron chi connectivity index (χ2n) is 7.49. The van der Waals surface area contributed by atoms with E-state index in [0.29, 0.717) is 0 Å². The molecule has 0 saturated carbocycles. The van der Waals surface area contributed by atoms with Gasteiger partial charge in [-0.05, 0) is 30.3 Å². The standard InChI is InChI=1S/C28H18O8/c29-21-16-20(26(31)32)22(23(30)17-10-4-1-5-11-17)25(36-28(34)19-14-8-3-9-15-19)24(21)35-27(33)18-12-6-2-7-13-18/h1-16,29H,(H,31,32). The quantitative estimate of drug-likeness (QED) is 0.219. The largest absolute Gasteiger partial charge is 0.504 e. The van der Waals surface area contributed by atoms with E-state index in [4.69, 9.17) is 9.47 Å². The minimum absolute atomic E-state index is 0.0798. The van der Waals surface area contributed by atoms with Gasteiger partial charge in [-0.15, -0.1) is 0 Å². The molecule has 4 aromatic rings. The predicted octanol–water partition coefficient (Wildman–Crippen LogP) is 4.76. The zero-order valence-corrected chi connectivity index (χ0v) is 18.6. The molecule has 4 rings (SSSR count). The summed E-state index contributed by atoms with van der Waals surface area (Å²) >= 11 is 0. The molecule has 8 nitrogen and oxygen atoms in total. The van der Waals surface area contributed by atoms with Crippen molar-refractivity contribution < 1.29 is 38.9 Å². The van der Waals surface area contributed by atoms with Crippen LogP contribution in [-0.2, 0) is 0 Å². The molecule has 0 atom stereocenters. The number of benzene rings is 4. The SMILES string of the molecule is O=C(Oc1c(O)cc(C(=O)O)c(C(=O)c2ccccc2)c1OC(=O)c1ccccc1)c1ccccc1. The van der Waals surface area contributed by atoms with Crippen LogP contribution in [0.2, 0.25) is 0 Å². The highest BCUT2D eigenvalue weighted by Crippen LogP contribution is 2.43. The summed E-state index contributed by atoms with van der Waals surface area (Å²) in [6.07, 6.45) is 0. The molecule has 0 bridgehead atoms. The van der Waals surface area contributed by atoms with Gasteiger partial charge >= 0.3 is 17.9 Å². The number of ketones is 1. The fourth-order valence-electron chi connectivity index (χ4n) is 3.40. The molecule has 0 aliphatic rings. The molecule has 0 spiro atoms. The third-order valence-corrected chi connectivity index (χ3v) is 5.12. The molecule has 0 aromatic heterocycles. The van der Waals surface area contributed by atoms with E-state index in [9.17, 15) is 29.4 Å². The molecular weight excluding hydrogens is 464 g/mol. The molecule has 0 radical (unpaired) electrons. The van der Waals surface area contributed by atoms with Crippen LogP contribution in [0.15, 0.2) is 97.1 Å². The van der Waals surface area contributed by atoms with Gasteiger partial charge in [0.1, 0.15) is 0 Å². The molecule has 0 fully saturated rings. The Morgan fingerprint density at radius 1 is 0.583 bits per heavy atom. The van der Waals surface area contributed by atoms with Crippen molar-refractivity contribution in [2.75, 3.05) is 0 Å². The van der Waals surface area contributed by atoms with Crippen LogP contribution in [0.1, 0.15) is 47.0 Å². The number of carboxylic acid groups (broad SMARTS) is 1. The molecule has 0 aliphatic carbocycles.